The molecule has 138 valence electrons. The second-order valence-electron chi connectivity index (χ2n) is 5.66. The van der Waals surface area contributed by atoms with Gasteiger partial charge < -0.3 is 20.5 Å². The highest BCUT2D eigenvalue weighted by Crippen LogP contribution is 2.27. The maximum atomic E-state index is 5.96. The van der Waals surface area contributed by atoms with Gasteiger partial charge in [0.15, 0.2) is 17.5 Å². The van der Waals surface area contributed by atoms with Crippen LogP contribution >= 0.6 is 35.3 Å². The molecule has 0 radical (unpaired) electrons. The Bertz CT molecular complexity index is 662. The Morgan fingerprint density at radius 1 is 1.24 bits per heavy atom. The van der Waals surface area contributed by atoms with Crippen molar-refractivity contribution in [1.82, 2.24) is 5.32 Å². The van der Waals surface area contributed by atoms with E-state index in [1.165, 1.54) is 4.88 Å². The Morgan fingerprint density at radius 3 is 2.64 bits per heavy atom. The van der Waals surface area contributed by atoms with Crippen LogP contribution in [0.1, 0.15) is 17.4 Å². The fraction of sp³-hybridized carbons (Fsp3) is 0.389. The molecule has 5 nitrogen and oxygen atoms in total. The van der Waals surface area contributed by atoms with E-state index in [-0.39, 0.29) is 24.0 Å². The van der Waals surface area contributed by atoms with Crippen LogP contribution in [-0.2, 0) is 13.0 Å². The Balaban J connectivity index is 0.00000312. The number of thiophene rings is 1. The van der Waals surface area contributed by atoms with Crippen LogP contribution in [0, 0.1) is 5.92 Å². The minimum atomic E-state index is 0. The summed E-state index contributed by atoms with van der Waals surface area (Å²) in [6.45, 7) is 3.51. The van der Waals surface area contributed by atoms with Crippen LogP contribution in [0.4, 0.5) is 0 Å². The van der Waals surface area contributed by atoms with E-state index in [0.29, 0.717) is 29.9 Å². The molecule has 7 heteroatoms. The summed E-state index contributed by atoms with van der Waals surface area (Å²) in [6.07, 6.45) is 1.05. The standard InChI is InChI=1S/C18H25N3O2S.HI/c1-13(9-15-5-4-8-24-15)11-20-18(19)21-12-14-6-7-16(22-2)17(10-14)23-3;/h4-8,10,13H,9,11-12H2,1-3H3,(H3,19,20,21);1H. The molecule has 2 aromatic rings. The zero-order chi connectivity index (χ0) is 17.4. The lowest BCUT2D eigenvalue weighted by Gasteiger charge is -2.12. The first-order chi connectivity index (χ1) is 11.6. The van der Waals surface area contributed by atoms with Gasteiger partial charge in [-0.25, -0.2) is 4.99 Å². The molecule has 0 fully saturated rings. The van der Waals surface area contributed by atoms with Crippen molar-refractivity contribution in [2.75, 3.05) is 20.8 Å². The maximum absolute atomic E-state index is 5.96. The number of halogens is 1. The molecule has 0 aliphatic heterocycles. The first-order valence-corrected chi connectivity index (χ1v) is 8.77. The molecular weight excluding hydrogens is 449 g/mol. The van der Waals surface area contributed by atoms with E-state index in [0.717, 1.165) is 18.5 Å². The number of guanidine groups is 1. The number of nitrogens with zero attached hydrogens (tertiary/aromatic N) is 1. The van der Waals surface area contributed by atoms with Crippen LogP contribution in [0.3, 0.4) is 0 Å². The summed E-state index contributed by atoms with van der Waals surface area (Å²) in [6, 6.07) is 9.98. The predicted octanol–water partition coefficient (Wildman–Crippen LogP) is 3.67. The Morgan fingerprint density at radius 2 is 2.00 bits per heavy atom. The number of nitrogens with two attached hydrogens (primary N) is 1. The molecular formula is C18H26IN3O2S. The molecule has 0 amide bonds. The van der Waals surface area contributed by atoms with Gasteiger partial charge in [0, 0.05) is 11.4 Å². The van der Waals surface area contributed by atoms with E-state index in [1.807, 2.05) is 18.2 Å². The minimum Gasteiger partial charge on any atom is -0.493 e. The molecule has 2 rings (SSSR count). The average molecular weight is 475 g/mol. The van der Waals surface area contributed by atoms with Crippen molar-refractivity contribution in [3.8, 4) is 11.5 Å². The highest BCUT2D eigenvalue weighted by molar-refractivity contribution is 14.0. The lowest BCUT2D eigenvalue weighted by molar-refractivity contribution is 0.354. The van der Waals surface area contributed by atoms with Crippen molar-refractivity contribution in [2.45, 2.75) is 19.9 Å². The van der Waals surface area contributed by atoms with E-state index in [1.54, 1.807) is 25.6 Å². The van der Waals surface area contributed by atoms with Crippen LogP contribution in [0.15, 0.2) is 40.7 Å². The predicted molar refractivity (Wildman–Crippen MR) is 115 cm³/mol. The number of hydrogen-bond acceptors (Lipinski definition) is 4. The molecule has 1 unspecified atom stereocenters. The summed E-state index contributed by atoms with van der Waals surface area (Å²) in [5.74, 6) is 2.36. The van der Waals surface area contributed by atoms with E-state index in [4.69, 9.17) is 15.2 Å². The monoisotopic (exact) mass is 475 g/mol. The fourth-order valence-corrected chi connectivity index (χ4v) is 3.20. The quantitative estimate of drug-likeness (QED) is 0.348. The van der Waals surface area contributed by atoms with E-state index in [2.05, 4.69) is 34.7 Å². The highest BCUT2D eigenvalue weighted by atomic mass is 127. The first kappa shape index (κ1) is 21.6. The summed E-state index contributed by atoms with van der Waals surface area (Å²) in [5.41, 5.74) is 6.97. The van der Waals surface area contributed by atoms with Gasteiger partial charge in [-0.3, -0.25) is 0 Å². The second-order valence-corrected chi connectivity index (χ2v) is 6.69. The van der Waals surface area contributed by atoms with Crippen molar-refractivity contribution in [2.24, 2.45) is 16.6 Å². The van der Waals surface area contributed by atoms with Gasteiger partial charge in [0.2, 0.25) is 0 Å². The maximum Gasteiger partial charge on any atom is 0.188 e. The highest BCUT2D eigenvalue weighted by Gasteiger charge is 2.06. The summed E-state index contributed by atoms with van der Waals surface area (Å²) in [7, 11) is 3.24. The number of nitrogens with one attached hydrogen (secondary N) is 1. The Kier molecular flexibility index (Phi) is 9.66. The molecule has 25 heavy (non-hydrogen) atoms. The van der Waals surface area contributed by atoms with E-state index in [9.17, 15) is 0 Å². The number of ether oxygens (including phenoxy) is 2. The molecule has 1 atom stereocenters. The molecule has 1 aromatic heterocycles. The normalized spacial score (nSPS) is 12.2. The van der Waals surface area contributed by atoms with Gasteiger partial charge >= 0.3 is 0 Å². The summed E-state index contributed by atoms with van der Waals surface area (Å²) in [5, 5.41) is 5.30. The minimum absolute atomic E-state index is 0. The van der Waals surface area contributed by atoms with Crippen LogP contribution in [0.2, 0.25) is 0 Å². The molecule has 0 bridgehead atoms. The van der Waals surface area contributed by atoms with Gasteiger partial charge in [-0.05, 0) is 41.5 Å². The largest absolute Gasteiger partial charge is 0.493 e. The van der Waals surface area contributed by atoms with Crippen LogP contribution in [0.25, 0.3) is 0 Å². The molecule has 0 aliphatic rings. The summed E-state index contributed by atoms with van der Waals surface area (Å²) >= 11 is 1.79. The second kappa shape index (κ2) is 11.2. The third-order valence-corrected chi connectivity index (χ3v) is 4.54. The molecule has 0 spiro atoms. The fourth-order valence-electron chi connectivity index (χ4n) is 2.33. The van der Waals surface area contributed by atoms with Crippen molar-refractivity contribution in [3.05, 3.63) is 46.2 Å². The van der Waals surface area contributed by atoms with E-state index >= 15 is 0 Å². The zero-order valence-electron chi connectivity index (χ0n) is 14.8. The van der Waals surface area contributed by atoms with Gasteiger partial charge in [0.25, 0.3) is 0 Å². The number of benzene rings is 1. The van der Waals surface area contributed by atoms with Crippen molar-refractivity contribution in [1.29, 1.82) is 0 Å². The summed E-state index contributed by atoms with van der Waals surface area (Å²) < 4.78 is 10.5. The number of hydrogen-bond donors (Lipinski definition) is 2. The smallest absolute Gasteiger partial charge is 0.188 e. The van der Waals surface area contributed by atoms with Gasteiger partial charge in [-0.1, -0.05) is 19.1 Å². The Hall–Kier alpha value is -1.48. The first-order valence-electron chi connectivity index (χ1n) is 7.89. The van der Waals surface area contributed by atoms with Crippen molar-refractivity contribution < 1.29 is 9.47 Å². The van der Waals surface area contributed by atoms with Gasteiger partial charge in [-0.15, -0.1) is 35.3 Å². The van der Waals surface area contributed by atoms with Crippen LogP contribution in [0.5, 0.6) is 11.5 Å². The SMILES string of the molecule is COc1ccc(CN=C(N)NCC(C)Cc2cccs2)cc1OC.I. The molecule has 0 aliphatic carbocycles. The molecule has 1 heterocycles. The zero-order valence-corrected chi connectivity index (χ0v) is 18.0. The van der Waals surface area contributed by atoms with Crippen molar-refractivity contribution in [3.63, 3.8) is 0 Å². The van der Waals surface area contributed by atoms with Gasteiger partial charge in [0.1, 0.15) is 0 Å². The number of rotatable bonds is 8. The lowest BCUT2D eigenvalue weighted by atomic mass is 10.1. The topological polar surface area (TPSA) is 68.9 Å². The van der Waals surface area contributed by atoms with Gasteiger partial charge in [-0.2, -0.15) is 0 Å². The van der Waals surface area contributed by atoms with Gasteiger partial charge in [0.05, 0.1) is 20.8 Å². The third kappa shape index (κ3) is 7.11. The Labute approximate surface area is 170 Å². The molecule has 0 saturated carbocycles. The lowest BCUT2D eigenvalue weighted by Crippen LogP contribution is -2.35. The molecule has 0 saturated heterocycles. The average Bonchev–Trinajstić information content (AvgIpc) is 3.10. The third-order valence-electron chi connectivity index (χ3n) is 3.64. The van der Waals surface area contributed by atoms with Crippen LogP contribution in [-0.4, -0.2) is 26.7 Å². The molecule has 1 aromatic carbocycles. The number of aliphatic imine (C=N–C) groups is 1. The number of methoxy groups -OCH3 is 2. The van der Waals surface area contributed by atoms with Crippen molar-refractivity contribution >= 4 is 41.3 Å². The molecule has 3 N–H and O–H groups in total. The van der Waals surface area contributed by atoms with Crippen LogP contribution < -0.4 is 20.5 Å². The summed E-state index contributed by atoms with van der Waals surface area (Å²) in [4.78, 5) is 5.78. The van der Waals surface area contributed by atoms with E-state index < -0.39 is 0 Å².